The molecule has 1 aromatic rings. The van der Waals surface area contributed by atoms with E-state index in [1.54, 1.807) is 6.07 Å². The van der Waals surface area contributed by atoms with Gasteiger partial charge in [-0.1, -0.05) is 0 Å². The molecule has 1 atom stereocenters. The molecule has 0 amide bonds. The third-order valence-corrected chi connectivity index (χ3v) is 5.08. The third kappa shape index (κ3) is 2.88. The molecule has 0 radical (unpaired) electrons. The van der Waals surface area contributed by atoms with Crippen LogP contribution in [-0.2, 0) is 14.8 Å². The Morgan fingerprint density at radius 1 is 1.55 bits per heavy atom. The van der Waals surface area contributed by atoms with Crippen LogP contribution in [0.2, 0.25) is 0 Å². The Bertz CT molecular complexity index is 575. The molecule has 112 valence electrons. The summed E-state index contributed by atoms with van der Waals surface area (Å²) in [7, 11) is -2.22. The van der Waals surface area contributed by atoms with Crippen molar-refractivity contribution in [3.05, 3.63) is 18.2 Å². The van der Waals surface area contributed by atoms with Gasteiger partial charge < -0.3 is 20.3 Å². The molecule has 20 heavy (non-hydrogen) atoms. The van der Waals surface area contributed by atoms with Crippen molar-refractivity contribution in [2.24, 2.45) is 0 Å². The van der Waals surface area contributed by atoms with Gasteiger partial charge in [0.25, 0.3) is 0 Å². The van der Waals surface area contributed by atoms with Crippen molar-refractivity contribution in [2.45, 2.75) is 11.0 Å². The van der Waals surface area contributed by atoms with Gasteiger partial charge in [-0.2, -0.15) is 4.31 Å². The lowest BCUT2D eigenvalue weighted by molar-refractivity contribution is -0.0304. The number of morpholine rings is 1. The number of nitrogens with two attached hydrogens (primary N) is 1. The number of rotatable bonds is 4. The fourth-order valence-corrected chi connectivity index (χ4v) is 3.60. The number of anilines is 1. The predicted molar refractivity (Wildman–Crippen MR) is 73.0 cm³/mol. The Kier molecular flexibility index (Phi) is 4.48. The minimum absolute atomic E-state index is 0.0388. The Hall–Kier alpha value is -1.35. The van der Waals surface area contributed by atoms with E-state index < -0.39 is 16.1 Å². The van der Waals surface area contributed by atoms with E-state index in [0.717, 1.165) is 0 Å². The van der Waals surface area contributed by atoms with E-state index in [-0.39, 0.29) is 36.9 Å². The molecular formula is C12H18N2O5S. The van der Waals surface area contributed by atoms with Crippen molar-refractivity contribution in [1.82, 2.24) is 4.31 Å². The number of hydrogen-bond acceptors (Lipinski definition) is 6. The van der Waals surface area contributed by atoms with Crippen molar-refractivity contribution >= 4 is 15.7 Å². The van der Waals surface area contributed by atoms with Crippen LogP contribution in [0.5, 0.6) is 5.75 Å². The number of hydrogen-bond donors (Lipinski definition) is 2. The highest BCUT2D eigenvalue weighted by molar-refractivity contribution is 7.89. The zero-order chi connectivity index (χ0) is 14.8. The quantitative estimate of drug-likeness (QED) is 0.738. The molecule has 1 aliphatic rings. The maximum Gasteiger partial charge on any atom is 0.245 e. The van der Waals surface area contributed by atoms with Crippen LogP contribution in [0.15, 0.2) is 23.1 Å². The highest BCUT2D eigenvalue weighted by atomic mass is 32.2. The number of nitrogens with zero attached hydrogens (tertiary/aromatic N) is 1. The van der Waals surface area contributed by atoms with Gasteiger partial charge >= 0.3 is 0 Å². The number of methoxy groups -OCH3 is 1. The fourth-order valence-electron chi connectivity index (χ4n) is 2.05. The Morgan fingerprint density at radius 3 is 2.90 bits per heavy atom. The topological polar surface area (TPSA) is 102 Å². The molecule has 8 heteroatoms. The monoisotopic (exact) mass is 302 g/mol. The van der Waals surface area contributed by atoms with Gasteiger partial charge in [0.15, 0.2) is 0 Å². The molecule has 7 nitrogen and oxygen atoms in total. The van der Waals surface area contributed by atoms with E-state index in [1.165, 1.54) is 23.5 Å². The average Bonchev–Trinajstić information content (AvgIpc) is 2.46. The van der Waals surface area contributed by atoms with Crippen LogP contribution in [0.1, 0.15) is 0 Å². The van der Waals surface area contributed by atoms with E-state index in [9.17, 15) is 8.42 Å². The van der Waals surface area contributed by atoms with E-state index in [4.69, 9.17) is 20.3 Å². The number of benzene rings is 1. The zero-order valence-corrected chi connectivity index (χ0v) is 12.0. The van der Waals surface area contributed by atoms with E-state index in [0.29, 0.717) is 5.75 Å². The summed E-state index contributed by atoms with van der Waals surface area (Å²) >= 11 is 0. The summed E-state index contributed by atoms with van der Waals surface area (Å²) in [6, 6.07) is 4.44. The molecule has 1 aromatic carbocycles. The van der Waals surface area contributed by atoms with Gasteiger partial charge in [-0.3, -0.25) is 0 Å². The van der Waals surface area contributed by atoms with Crippen LogP contribution in [0.25, 0.3) is 0 Å². The second-order valence-corrected chi connectivity index (χ2v) is 6.35. The molecule has 1 unspecified atom stereocenters. The highest BCUT2D eigenvalue weighted by Gasteiger charge is 2.31. The summed E-state index contributed by atoms with van der Waals surface area (Å²) in [5.74, 6) is 0.497. The smallest absolute Gasteiger partial charge is 0.245 e. The number of aliphatic hydroxyl groups is 1. The first-order chi connectivity index (χ1) is 9.48. The maximum atomic E-state index is 12.5. The molecule has 1 heterocycles. The fraction of sp³-hybridized carbons (Fsp3) is 0.500. The second kappa shape index (κ2) is 5.96. The van der Waals surface area contributed by atoms with Crippen molar-refractivity contribution in [2.75, 3.05) is 39.1 Å². The summed E-state index contributed by atoms with van der Waals surface area (Å²) < 4.78 is 36.6. The minimum Gasteiger partial charge on any atom is -0.497 e. The predicted octanol–water partition coefficient (Wildman–Crippen LogP) is -0.341. The standard InChI is InChI=1S/C12H18N2O5S/c1-18-9-2-3-12(11(13)6-9)20(16,17)14-4-5-19-10(7-14)8-15/h2-3,6,10,15H,4-5,7-8,13H2,1H3. The van der Waals surface area contributed by atoms with E-state index >= 15 is 0 Å². The van der Waals surface area contributed by atoms with Gasteiger partial charge in [0.1, 0.15) is 10.6 Å². The SMILES string of the molecule is COc1ccc(S(=O)(=O)N2CCOC(CO)C2)c(N)c1. The van der Waals surface area contributed by atoms with Gasteiger partial charge in [0.2, 0.25) is 10.0 Å². The van der Waals surface area contributed by atoms with Gasteiger partial charge in [-0.15, -0.1) is 0 Å². The Balaban J connectivity index is 2.30. The van der Waals surface area contributed by atoms with Crippen LogP contribution < -0.4 is 10.5 Å². The van der Waals surface area contributed by atoms with Crippen molar-refractivity contribution in [3.63, 3.8) is 0 Å². The van der Waals surface area contributed by atoms with Gasteiger partial charge in [0, 0.05) is 19.2 Å². The summed E-state index contributed by atoms with van der Waals surface area (Å²) in [5.41, 5.74) is 5.93. The molecule has 0 saturated carbocycles. The lowest BCUT2D eigenvalue weighted by Gasteiger charge is -2.31. The van der Waals surface area contributed by atoms with Gasteiger partial charge in [-0.25, -0.2) is 8.42 Å². The minimum atomic E-state index is -3.70. The molecule has 3 N–H and O–H groups in total. The lowest BCUT2D eigenvalue weighted by atomic mass is 10.3. The number of sulfonamides is 1. The number of aliphatic hydroxyl groups excluding tert-OH is 1. The summed E-state index contributed by atoms with van der Waals surface area (Å²) in [4.78, 5) is 0.0388. The van der Waals surface area contributed by atoms with Crippen molar-refractivity contribution in [3.8, 4) is 5.75 Å². The van der Waals surface area contributed by atoms with E-state index in [1.807, 2.05) is 0 Å². The first kappa shape index (κ1) is 15.0. The third-order valence-electron chi connectivity index (χ3n) is 3.14. The van der Waals surface area contributed by atoms with Crippen LogP contribution in [0.3, 0.4) is 0 Å². The van der Waals surface area contributed by atoms with E-state index in [2.05, 4.69) is 0 Å². The number of ether oxygens (including phenoxy) is 2. The molecule has 0 bridgehead atoms. The summed E-state index contributed by atoms with van der Waals surface area (Å²) in [5, 5.41) is 9.08. The Labute approximate surface area is 117 Å². The lowest BCUT2D eigenvalue weighted by Crippen LogP contribution is -2.46. The summed E-state index contributed by atoms with van der Waals surface area (Å²) in [6.07, 6.45) is -0.502. The van der Waals surface area contributed by atoms with Crippen LogP contribution in [-0.4, -0.2) is 57.3 Å². The molecule has 0 aliphatic carbocycles. The van der Waals surface area contributed by atoms with Crippen LogP contribution >= 0.6 is 0 Å². The molecule has 2 rings (SSSR count). The normalized spacial score (nSPS) is 20.8. The van der Waals surface area contributed by atoms with Crippen LogP contribution in [0, 0.1) is 0 Å². The zero-order valence-electron chi connectivity index (χ0n) is 11.2. The molecule has 1 aliphatic heterocycles. The number of nitrogen functional groups attached to an aromatic ring is 1. The van der Waals surface area contributed by atoms with Gasteiger partial charge in [0.05, 0.1) is 32.1 Å². The van der Waals surface area contributed by atoms with Crippen molar-refractivity contribution in [1.29, 1.82) is 0 Å². The van der Waals surface area contributed by atoms with Crippen LogP contribution in [0.4, 0.5) is 5.69 Å². The molecule has 1 saturated heterocycles. The van der Waals surface area contributed by atoms with Gasteiger partial charge in [-0.05, 0) is 12.1 Å². The average molecular weight is 302 g/mol. The highest BCUT2D eigenvalue weighted by Crippen LogP contribution is 2.27. The molecule has 0 spiro atoms. The summed E-state index contributed by atoms with van der Waals surface area (Å²) in [6.45, 7) is 0.388. The first-order valence-corrected chi connectivity index (χ1v) is 7.59. The molecule has 0 aromatic heterocycles. The van der Waals surface area contributed by atoms with Crippen molar-refractivity contribution < 1.29 is 23.0 Å². The largest absolute Gasteiger partial charge is 0.497 e. The first-order valence-electron chi connectivity index (χ1n) is 6.15. The molecular weight excluding hydrogens is 284 g/mol. The maximum absolute atomic E-state index is 12.5. The Morgan fingerprint density at radius 2 is 2.30 bits per heavy atom. The second-order valence-electron chi connectivity index (χ2n) is 4.44. The molecule has 1 fully saturated rings.